The third-order valence-corrected chi connectivity index (χ3v) is 4.36. The van der Waals surface area contributed by atoms with Gasteiger partial charge in [0.05, 0.1) is 14.1 Å². The van der Waals surface area contributed by atoms with E-state index in [-0.39, 0.29) is 0 Å². The van der Waals surface area contributed by atoms with E-state index in [4.69, 9.17) is 0 Å². The Hall–Kier alpha value is 0.0500. The molecule has 0 N–H and O–H groups in total. The Morgan fingerprint density at radius 2 is 2.18 bits per heavy atom. The molecule has 2 atom stereocenters. The summed E-state index contributed by atoms with van der Waals surface area (Å²) in [5.41, 5.74) is 0. The fraction of sp³-hybridized carbons (Fsp3) is 0.778. The van der Waals surface area contributed by atoms with Crippen LogP contribution in [0.4, 0.5) is 0 Å². The molecule has 0 aliphatic carbocycles. The predicted molar refractivity (Wildman–Crippen MR) is 50.8 cm³/mol. The molecule has 2 rings (SSSR count). The topological polar surface area (TPSA) is 0 Å². The van der Waals surface area contributed by atoms with Crippen molar-refractivity contribution in [2.75, 3.05) is 25.6 Å². The van der Waals surface area contributed by atoms with Crippen LogP contribution in [-0.4, -0.2) is 42.2 Å². The molecular weight excluding hydrogens is 154 g/mol. The van der Waals surface area contributed by atoms with E-state index in [1.54, 1.807) is 0 Å². The van der Waals surface area contributed by atoms with Crippen LogP contribution in [0.15, 0.2) is 12.2 Å². The maximum absolute atomic E-state index is 2.41. The van der Waals surface area contributed by atoms with Gasteiger partial charge in [0.15, 0.2) is 0 Å². The Morgan fingerprint density at radius 1 is 1.36 bits per heavy atom. The Morgan fingerprint density at radius 3 is 2.82 bits per heavy atom. The zero-order valence-electron chi connectivity index (χ0n) is 7.29. The van der Waals surface area contributed by atoms with Crippen molar-refractivity contribution in [3.63, 3.8) is 0 Å². The van der Waals surface area contributed by atoms with Crippen molar-refractivity contribution >= 4 is 11.8 Å². The van der Waals surface area contributed by atoms with Crippen LogP contribution in [0.2, 0.25) is 0 Å². The number of quaternary nitrogens is 1. The van der Waals surface area contributed by atoms with Gasteiger partial charge in [-0.1, -0.05) is 6.08 Å². The highest BCUT2D eigenvalue weighted by Crippen LogP contribution is 2.32. The van der Waals surface area contributed by atoms with Gasteiger partial charge in [-0.25, -0.2) is 0 Å². The molecule has 0 aromatic heterocycles. The molecule has 0 amide bonds. The third-order valence-electron chi connectivity index (χ3n) is 3.16. The first-order valence-corrected chi connectivity index (χ1v) is 5.44. The lowest BCUT2D eigenvalue weighted by molar-refractivity contribution is -0.929. The average molecular weight is 170 g/mol. The van der Waals surface area contributed by atoms with E-state index < -0.39 is 0 Å². The molecule has 2 heterocycles. The van der Waals surface area contributed by atoms with Crippen molar-refractivity contribution < 1.29 is 4.48 Å². The molecular formula is C9H16NS+. The normalized spacial score (nSPS) is 40.5. The molecule has 1 fully saturated rings. The summed E-state index contributed by atoms with van der Waals surface area (Å²) in [5.74, 6) is 2.67. The van der Waals surface area contributed by atoms with Gasteiger partial charge in [-0.3, -0.25) is 0 Å². The van der Waals surface area contributed by atoms with Crippen molar-refractivity contribution in [1.82, 2.24) is 0 Å². The van der Waals surface area contributed by atoms with Gasteiger partial charge >= 0.3 is 0 Å². The lowest BCUT2D eigenvalue weighted by Gasteiger charge is -2.48. The zero-order valence-corrected chi connectivity index (χ0v) is 8.10. The van der Waals surface area contributed by atoms with Crippen LogP contribution in [-0.2, 0) is 0 Å². The molecule has 0 radical (unpaired) electrons. The number of likely N-dealkylation sites (N-methyl/N-ethyl adjacent to an activating group) is 1. The lowest BCUT2D eigenvalue weighted by atomic mass is 10.0. The maximum atomic E-state index is 2.41. The van der Waals surface area contributed by atoms with Gasteiger partial charge in [-0.2, -0.15) is 0 Å². The highest BCUT2D eigenvalue weighted by Gasteiger charge is 2.40. The summed E-state index contributed by atoms with van der Waals surface area (Å²) < 4.78 is 1.23. The van der Waals surface area contributed by atoms with Crippen molar-refractivity contribution in [1.29, 1.82) is 0 Å². The summed E-state index contributed by atoms with van der Waals surface area (Å²) >= 11 is 2.12. The molecule has 11 heavy (non-hydrogen) atoms. The van der Waals surface area contributed by atoms with Crippen molar-refractivity contribution in [2.45, 2.75) is 18.5 Å². The highest BCUT2D eigenvalue weighted by molar-refractivity contribution is 7.99. The molecule has 2 aliphatic rings. The smallest absolute Gasteiger partial charge is 0.117 e. The molecule has 1 nitrogen and oxygen atoms in total. The second kappa shape index (κ2) is 2.53. The van der Waals surface area contributed by atoms with Crippen molar-refractivity contribution in [3.8, 4) is 0 Å². The van der Waals surface area contributed by atoms with Gasteiger partial charge in [0.1, 0.15) is 12.1 Å². The Bertz CT molecular complexity index is 186. The van der Waals surface area contributed by atoms with Crippen LogP contribution in [0, 0.1) is 0 Å². The minimum absolute atomic E-state index is 0.785. The number of fused-ring (bicyclic) bond motifs is 2. The van der Waals surface area contributed by atoms with Crippen LogP contribution in [0.25, 0.3) is 0 Å². The first-order valence-electron chi connectivity index (χ1n) is 4.29. The van der Waals surface area contributed by atoms with E-state index in [0.717, 1.165) is 12.1 Å². The SMILES string of the molecule is C[N+]1(C)[C@H]2CC=C[C@H]1CSC2. The number of thioether (sulfide) groups is 1. The zero-order chi connectivity index (χ0) is 7.90. The molecule has 0 saturated carbocycles. The molecule has 2 bridgehead atoms. The molecule has 62 valence electrons. The first kappa shape index (κ1) is 7.69. The largest absolute Gasteiger partial charge is 0.319 e. The van der Waals surface area contributed by atoms with Gasteiger partial charge in [-0.05, 0) is 6.08 Å². The third kappa shape index (κ3) is 1.13. The molecule has 1 saturated heterocycles. The van der Waals surface area contributed by atoms with Crippen LogP contribution < -0.4 is 0 Å². The standard InChI is InChI=1S/C9H16NS/c1-10(2)8-4-3-5-9(10)7-11-6-8/h3-4,8-9H,5-7H2,1-2H3/q+1/t8-,9-/m0/s1. The minimum Gasteiger partial charge on any atom is -0.319 e. The summed E-state index contributed by atoms with van der Waals surface area (Å²) in [5, 5.41) is 0. The van der Waals surface area contributed by atoms with E-state index in [0.29, 0.717) is 0 Å². The molecule has 2 heteroatoms. The lowest BCUT2D eigenvalue weighted by Crippen LogP contribution is -2.61. The predicted octanol–water partition coefficient (Wildman–Crippen LogP) is 1.51. The second-order valence-corrected chi connectivity index (χ2v) is 5.13. The molecule has 0 spiro atoms. The first-order chi connectivity index (χ1) is 5.21. The molecule has 2 aliphatic heterocycles. The van der Waals surface area contributed by atoms with Crippen molar-refractivity contribution in [2.24, 2.45) is 0 Å². The molecule has 0 aromatic rings. The minimum atomic E-state index is 0.785. The quantitative estimate of drug-likeness (QED) is 0.392. The molecule has 0 aromatic carbocycles. The Labute approximate surface area is 73.1 Å². The summed E-state index contributed by atoms with van der Waals surface area (Å²) in [6.45, 7) is 0. The van der Waals surface area contributed by atoms with Gasteiger partial charge in [0, 0.05) is 17.9 Å². The van der Waals surface area contributed by atoms with Gasteiger partial charge in [0.2, 0.25) is 0 Å². The number of nitrogens with zero attached hydrogens (tertiary/aromatic N) is 1. The number of rotatable bonds is 0. The number of hydrogen-bond donors (Lipinski definition) is 0. The van der Waals surface area contributed by atoms with E-state index in [2.05, 4.69) is 38.0 Å². The Kier molecular flexibility index (Phi) is 1.77. The van der Waals surface area contributed by atoms with Gasteiger partial charge in [-0.15, -0.1) is 11.8 Å². The summed E-state index contributed by atoms with van der Waals surface area (Å²) in [7, 11) is 4.75. The maximum Gasteiger partial charge on any atom is 0.117 e. The van der Waals surface area contributed by atoms with Gasteiger partial charge < -0.3 is 4.48 Å². The van der Waals surface area contributed by atoms with Crippen LogP contribution in [0.5, 0.6) is 0 Å². The van der Waals surface area contributed by atoms with E-state index in [9.17, 15) is 0 Å². The van der Waals surface area contributed by atoms with Crippen LogP contribution in [0.1, 0.15) is 6.42 Å². The van der Waals surface area contributed by atoms with Crippen LogP contribution >= 0.6 is 11.8 Å². The summed E-state index contributed by atoms with van der Waals surface area (Å²) in [6, 6.07) is 1.66. The summed E-state index contributed by atoms with van der Waals surface area (Å²) in [6.07, 6.45) is 6.07. The second-order valence-electron chi connectivity index (χ2n) is 4.05. The van der Waals surface area contributed by atoms with Crippen LogP contribution in [0.3, 0.4) is 0 Å². The monoisotopic (exact) mass is 170 g/mol. The highest BCUT2D eigenvalue weighted by atomic mass is 32.2. The van der Waals surface area contributed by atoms with Crippen molar-refractivity contribution in [3.05, 3.63) is 12.2 Å². The number of hydrogen-bond acceptors (Lipinski definition) is 1. The van der Waals surface area contributed by atoms with Gasteiger partial charge in [0.25, 0.3) is 0 Å². The average Bonchev–Trinajstić information content (AvgIpc) is 1.82. The summed E-state index contributed by atoms with van der Waals surface area (Å²) in [4.78, 5) is 0. The fourth-order valence-electron chi connectivity index (χ4n) is 1.99. The molecule has 0 unspecified atom stereocenters. The fourth-order valence-corrected chi connectivity index (χ4v) is 3.65. The Balaban J connectivity index is 2.28. The van der Waals surface area contributed by atoms with E-state index >= 15 is 0 Å². The van der Waals surface area contributed by atoms with E-state index in [1.165, 1.54) is 22.4 Å². The van der Waals surface area contributed by atoms with E-state index in [1.807, 2.05) is 0 Å².